The Bertz CT molecular complexity index is 953. The van der Waals surface area contributed by atoms with Crippen molar-refractivity contribution in [3.63, 3.8) is 0 Å². The molecular weight excluding hydrogens is 260 g/mol. The van der Waals surface area contributed by atoms with E-state index in [1.165, 1.54) is 33.9 Å². The fourth-order valence-electron chi connectivity index (χ4n) is 3.01. The zero-order valence-corrected chi connectivity index (χ0v) is 11.7. The van der Waals surface area contributed by atoms with Crippen molar-refractivity contribution >= 4 is 38.1 Å². The summed E-state index contributed by atoms with van der Waals surface area (Å²) in [5.41, 5.74) is 0. The summed E-state index contributed by atoms with van der Waals surface area (Å²) in [5.74, 6) is 0.802. The molecule has 0 heterocycles. The highest BCUT2D eigenvalue weighted by molar-refractivity contribution is 6.24. The Morgan fingerprint density at radius 1 is 0.857 bits per heavy atom. The van der Waals surface area contributed by atoms with E-state index in [1.807, 2.05) is 6.07 Å². The lowest BCUT2D eigenvalue weighted by Crippen LogP contribution is -2.06. The van der Waals surface area contributed by atoms with Crippen LogP contribution in [0.15, 0.2) is 54.6 Å². The van der Waals surface area contributed by atoms with Crippen LogP contribution in [-0.2, 0) is 4.79 Å². The van der Waals surface area contributed by atoms with Crippen LogP contribution in [0.1, 0.15) is 6.92 Å². The average Bonchev–Trinajstić information content (AvgIpc) is 2.51. The number of benzene rings is 4. The number of rotatable bonds is 3. The van der Waals surface area contributed by atoms with E-state index < -0.39 is 0 Å². The van der Waals surface area contributed by atoms with Gasteiger partial charge in [-0.25, -0.2) is 0 Å². The van der Waals surface area contributed by atoms with Gasteiger partial charge in [-0.05, 0) is 40.6 Å². The molecular formula is C19H14O2. The maximum absolute atomic E-state index is 11.2. The van der Waals surface area contributed by atoms with Crippen molar-refractivity contribution in [3.05, 3.63) is 54.6 Å². The number of hydrogen-bond donors (Lipinski definition) is 0. The van der Waals surface area contributed by atoms with Gasteiger partial charge in [0.1, 0.15) is 12.4 Å². The third-order valence-electron chi connectivity index (χ3n) is 3.92. The van der Waals surface area contributed by atoms with Crippen LogP contribution in [0.4, 0.5) is 0 Å². The first-order valence-corrected chi connectivity index (χ1v) is 7.03. The van der Waals surface area contributed by atoms with Gasteiger partial charge in [-0.1, -0.05) is 42.5 Å². The number of carbonyl (C=O) groups is 1. The first kappa shape index (κ1) is 12.2. The highest BCUT2D eigenvalue weighted by Gasteiger charge is 2.11. The van der Waals surface area contributed by atoms with Crippen LogP contribution in [0.2, 0.25) is 0 Å². The monoisotopic (exact) mass is 274 g/mol. The highest BCUT2D eigenvalue weighted by Crippen LogP contribution is 2.38. The summed E-state index contributed by atoms with van der Waals surface area (Å²) in [7, 11) is 0. The van der Waals surface area contributed by atoms with E-state index in [4.69, 9.17) is 4.74 Å². The van der Waals surface area contributed by atoms with Gasteiger partial charge in [0.25, 0.3) is 0 Å². The molecule has 0 radical (unpaired) electrons. The molecule has 0 aromatic heterocycles. The Balaban J connectivity index is 2.08. The molecule has 0 aliphatic heterocycles. The lowest BCUT2D eigenvalue weighted by Gasteiger charge is -2.13. The number of carbonyl (C=O) groups excluding carboxylic acids is 1. The third kappa shape index (κ3) is 1.83. The molecule has 0 spiro atoms. The van der Waals surface area contributed by atoms with Crippen molar-refractivity contribution in [2.45, 2.75) is 6.92 Å². The molecule has 21 heavy (non-hydrogen) atoms. The van der Waals surface area contributed by atoms with E-state index in [0.717, 1.165) is 11.1 Å². The molecule has 0 bridgehead atoms. The van der Waals surface area contributed by atoms with Gasteiger partial charge in [0.15, 0.2) is 5.78 Å². The molecule has 0 saturated heterocycles. The summed E-state index contributed by atoms with van der Waals surface area (Å²) in [5, 5.41) is 7.21. The van der Waals surface area contributed by atoms with E-state index in [0.29, 0.717) is 0 Å². The van der Waals surface area contributed by atoms with Crippen molar-refractivity contribution in [1.82, 2.24) is 0 Å². The number of ketones is 1. The van der Waals surface area contributed by atoms with Crippen LogP contribution in [0.3, 0.4) is 0 Å². The van der Waals surface area contributed by atoms with Crippen LogP contribution in [0.25, 0.3) is 32.3 Å². The standard InChI is InChI=1S/C19H14O2/c1-12(20)11-21-17-10-8-15-6-5-13-3-2-4-14-7-9-16(17)19(15)18(13)14/h2-10H,11H2,1H3. The van der Waals surface area contributed by atoms with Crippen molar-refractivity contribution in [2.24, 2.45) is 0 Å². The molecule has 2 nitrogen and oxygen atoms in total. The second kappa shape index (κ2) is 4.45. The minimum Gasteiger partial charge on any atom is -0.485 e. The van der Waals surface area contributed by atoms with Gasteiger partial charge in [0.2, 0.25) is 0 Å². The minimum atomic E-state index is 0.0284. The lowest BCUT2D eigenvalue weighted by atomic mass is 9.94. The molecule has 0 fully saturated rings. The number of hydrogen-bond acceptors (Lipinski definition) is 2. The molecule has 0 amide bonds. The van der Waals surface area contributed by atoms with Crippen LogP contribution < -0.4 is 4.74 Å². The van der Waals surface area contributed by atoms with Crippen LogP contribution >= 0.6 is 0 Å². The van der Waals surface area contributed by atoms with E-state index >= 15 is 0 Å². The summed E-state index contributed by atoms with van der Waals surface area (Å²) in [6.07, 6.45) is 0. The van der Waals surface area contributed by atoms with E-state index in [-0.39, 0.29) is 12.4 Å². The van der Waals surface area contributed by atoms with Crippen molar-refractivity contribution < 1.29 is 9.53 Å². The molecule has 0 aliphatic rings. The van der Waals surface area contributed by atoms with Gasteiger partial charge >= 0.3 is 0 Å². The fraction of sp³-hybridized carbons (Fsp3) is 0.105. The van der Waals surface area contributed by atoms with Crippen LogP contribution in [0, 0.1) is 0 Å². The molecule has 0 atom stereocenters. The smallest absolute Gasteiger partial charge is 0.167 e. The number of Topliss-reactive ketones (excluding diaryl/α,β-unsaturated/α-hetero) is 1. The molecule has 4 aromatic rings. The van der Waals surface area contributed by atoms with Crippen molar-refractivity contribution in [2.75, 3.05) is 6.61 Å². The largest absolute Gasteiger partial charge is 0.485 e. The summed E-state index contributed by atoms with van der Waals surface area (Å²) in [4.78, 5) is 11.2. The lowest BCUT2D eigenvalue weighted by molar-refractivity contribution is -0.118. The van der Waals surface area contributed by atoms with Gasteiger partial charge in [-0.3, -0.25) is 4.79 Å². The molecule has 0 saturated carbocycles. The maximum Gasteiger partial charge on any atom is 0.167 e. The van der Waals surface area contributed by atoms with Gasteiger partial charge in [0, 0.05) is 10.8 Å². The molecule has 0 unspecified atom stereocenters. The Hall–Kier alpha value is -2.61. The molecule has 0 aliphatic carbocycles. The SMILES string of the molecule is CC(=O)COc1ccc2ccc3cccc4ccc1c2c34. The van der Waals surface area contributed by atoms with Crippen molar-refractivity contribution in [1.29, 1.82) is 0 Å². The minimum absolute atomic E-state index is 0.0284. The fourth-order valence-corrected chi connectivity index (χ4v) is 3.01. The Morgan fingerprint density at radius 2 is 1.48 bits per heavy atom. The van der Waals surface area contributed by atoms with Gasteiger partial charge in [-0.15, -0.1) is 0 Å². The van der Waals surface area contributed by atoms with Gasteiger partial charge < -0.3 is 4.74 Å². The predicted octanol–water partition coefficient (Wildman–Crippen LogP) is 4.55. The highest BCUT2D eigenvalue weighted by atomic mass is 16.5. The first-order chi connectivity index (χ1) is 10.2. The van der Waals surface area contributed by atoms with Gasteiger partial charge in [-0.2, -0.15) is 0 Å². The Labute approximate surface area is 122 Å². The topological polar surface area (TPSA) is 26.3 Å². The Morgan fingerprint density at radius 3 is 2.19 bits per heavy atom. The normalized spacial score (nSPS) is 11.5. The zero-order chi connectivity index (χ0) is 14.4. The summed E-state index contributed by atoms with van der Waals surface area (Å²) < 4.78 is 5.67. The van der Waals surface area contributed by atoms with Crippen LogP contribution in [-0.4, -0.2) is 12.4 Å². The summed E-state index contributed by atoms with van der Waals surface area (Å²) in [6.45, 7) is 1.65. The number of ether oxygens (including phenoxy) is 1. The second-order valence-electron chi connectivity index (χ2n) is 5.41. The third-order valence-corrected chi connectivity index (χ3v) is 3.92. The molecule has 0 N–H and O–H groups in total. The quantitative estimate of drug-likeness (QED) is 0.512. The first-order valence-electron chi connectivity index (χ1n) is 7.03. The van der Waals surface area contributed by atoms with E-state index in [1.54, 1.807) is 0 Å². The molecule has 102 valence electrons. The Kier molecular flexibility index (Phi) is 2.58. The van der Waals surface area contributed by atoms with Crippen LogP contribution in [0.5, 0.6) is 5.75 Å². The van der Waals surface area contributed by atoms with E-state index in [9.17, 15) is 4.79 Å². The molecule has 2 heteroatoms. The second-order valence-corrected chi connectivity index (χ2v) is 5.41. The van der Waals surface area contributed by atoms with Crippen molar-refractivity contribution in [3.8, 4) is 5.75 Å². The van der Waals surface area contributed by atoms with Gasteiger partial charge in [0.05, 0.1) is 0 Å². The molecule has 4 rings (SSSR count). The zero-order valence-electron chi connectivity index (χ0n) is 11.7. The van der Waals surface area contributed by atoms with E-state index in [2.05, 4.69) is 48.5 Å². The summed E-state index contributed by atoms with van der Waals surface area (Å²) in [6, 6.07) is 18.8. The average molecular weight is 274 g/mol. The maximum atomic E-state index is 11.2. The summed E-state index contributed by atoms with van der Waals surface area (Å²) >= 11 is 0. The molecule has 4 aromatic carbocycles. The predicted molar refractivity (Wildman–Crippen MR) is 86.3 cm³/mol.